The van der Waals surface area contributed by atoms with Crippen LogP contribution in [0.1, 0.15) is 24.8 Å². The summed E-state index contributed by atoms with van der Waals surface area (Å²) in [5.74, 6) is 0. The number of unbranched alkanes of at least 4 members (excludes halogenated alkanes) is 2. The number of nitro benzene ring substituents is 1. The van der Waals surface area contributed by atoms with E-state index in [-0.39, 0.29) is 12.3 Å². The van der Waals surface area contributed by atoms with Crippen molar-refractivity contribution in [3.63, 3.8) is 0 Å². The molecule has 0 atom stereocenters. The fourth-order valence-electron chi connectivity index (χ4n) is 1.65. The number of halogens is 3. The maximum atomic E-state index is 12.5. The first kappa shape index (κ1) is 16.2. The standard InChI is InChI=1S/C12H15F3N2O3/c13-12(14,15)9-4-5-10(11(8-9)17(19)20)16-6-2-1-3-7-18/h4-5,8,16,18H,1-3,6-7H2. The third kappa shape index (κ3) is 4.69. The van der Waals surface area contributed by atoms with Crippen LogP contribution in [0.15, 0.2) is 18.2 Å². The minimum atomic E-state index is -4.61. The van der Waals surface area contributed by atoms with Gasteiger partial charge in [-0.3, -0.25) is 10.1 Å². The van der Waals surface area contributed by atoms with Crippen molar-refractivity contribution in [1.82, 2.24) is 0 Å². The number of hydrogen-bond acceptors (Lipinski definition) is 4. The van der Waals surface area contributed by atoms with E-state index in [9.17, 15) is 23.3 Å². The summed E-state index contributed by atoms with van der Waals surface area (Å²) in [5.41, 5.74) is -1.58. The first-order valence-corrected chi connectivity index (χ1v) is 6.06. The number of hydrogen-bond donors (Lipinski definition) is 2. The molecule has 0 aliphatic rings. The molecule has 8 heteroatoms. The molecule has 2 N–H and O–H groups in total. The molecule has 112 valence electrons. The van der Waals surface area contributed by atoms with Crippen molar-refractivity contribution in [3.8, 4) is 0 Å². The minimum Gasteiger partial charge on any atom is -0.396 e. The van der Waals surface area contributed by atoms with Crippen LogP contribution < -0.4 is 5.32 Å². The summed E-state index contributed by atoms with van der Waals surface area (Å²) in [5, 5.41) is 22.1. The summed E-state index contributed by atoms with van der Waals surface area (Å²) in [4.78, 5) is 9.96. The van der Waals surface area contributed by atoms with E-state index < -0.39 is 22.4 Å². The summed E-state index contributed by atoms with van der Waals surface area (Å²) in [6.07, 6.45) is -2.59. The van der Waals surface area contributed by atoms with Gasteiger partial charge in [-0.1, -0.05) is 0 Å². The number of aliphatic hydroxyl groups excluding tert-OH is 1. The van der Waals surface area contributed by atoms with Crippen molar-refractivity contribution in [2.75, 3.05) is 18.5 Å². The maximum absolute atomic E-state index is 12.5. The molecule has 0 unspecified atom stereocenters. The molecule has 0 aliphatic heterocycles. The number of benzene rings is 1. The van der Waals surface area contributed by atoms with E-state index in [1.54, 1.807) is 0 Å². The van der Waals surface area contributed by atoms with Gasteiger partial charge in [0, 0.05) is 19.2 Å². The van der Waals surface area contributed by atoms with Crippen molar-refractivity contribution in [3.05, 3.63) is 33.9 Å². The van der Waals surface area contributed by atoms with E-state index in [4.69, 9.17) is 5.11 Å². The number of nitrogens with zero attached hydrogens (tertiary/aromatic N) is 1. The molecule has 1 aromatic rings. The molecule has 0 heterocycles. The van der Waals surface area contributed by atoms with Crippen molar-refractivity contribution >= 4 is 11.4 Å². The Morgan fingerprint density at radius 2 is 1.95 bits per heavy atom. The number of aliphatic hydroxyl groups is 1. The van der Waals surface area contributed by atoms with Crippen LogP contribution in [0.5, 0.6) is 0 Å². The lowest BCUT2D eigenvalue weighted by Crippen LogP contribution is -2.08. The monoisotopic (exact) mass is 292 g/mol. The third-order valence-electron chi connectivity index (χ3n) is 2.67. The highest BCUT2D eigenvalue weighted by Crippen LogP contribution is 2.34. The predicted molar refractivity (Wildman–Crippen MR) is 67.5 cm³/mol. The molecule has 0 spiro atoms. The van der Waals surface area contributed by atoms with Crippen LogP contribution in [0.3, 0.4) is 0 Å². The van der Waals surface area contributed by atoms with Crippen LogP contribution >= 0.6 is 0 Å². The molecule has 20 heavy (non-hydrogen) atoms. The van der Waals surface area contributed by atoms with E-state index >= 15 is 0 Å². The Balaban J connectivity index is 2.78. The van der Waals surface area contributed by atoms with Crippen LogP contribution in [0.4, 0.5) is 24.5 Å². The molecule has 1 rings (SSSR count). The Labute approximate surface area is 113 Å². The molecule has 1 aromatic carbocycles. The summed E-state index contributed by atoms with van der Waals surface area (Å²) in [6.45, 7) is 0.465. The SMILES string of the molecule is O=[N+]([O-])c1cc(C(F)(F)F)ccc1NCCCCCO. The maximum Gasteiger partial charge on any atom is 0.416 e. The molecule has 5 nitrogen and oxygen atoms in total. The molecular formula is C12H15F3N2O3. The van der Waals surface area contributed by atoms with Crippen molar-refractivity contribution in [1.29, 1.82) is 0 Å². The van der Waals surface area contributed by atoms with E-state index in [0.29, 0.717) is 25.5 Å². The van der Waals surface area contributed by atoms with Crippen molar-refractivity contribution in [2.45, 2.75) is 25.4 Å². The van der Waals surface area contributed by atoms with Gasteiger partial charge in [-0.15, -0.1) is 0 Å². The smallest absolute Gasteiger partial charge is 0.396 e. The zero-order valence-electron chi connectivity index (χ0n) is 10.6. The summed E-state index contributed by atoms with van der Waals surface area (Å²) in [6, 6.07) is 2.39. The van der Waals surface area contributed by atoms with Crippen LogP contribution in [0, 0.1) is 10.1 Å². The minimum absolute atomic E-state index is 0.0620. The second kappa shape index (κ2) is 7.09. The quantitative estimate of drug-likeness (QED) is 0.460. The lowest BCUT2D eigenvalue weighted by Gasteiger charge is -2.10. The van der Waals surface area contributed by atoms with Gasteiger partial charge < -0.3 is 10.4 Å². The van der Waals surface area contributed by atoms with Gasteiger partial charge in [0.1, 0.15) is 5.69 Å². The Morgan fingerprint density at radius 1 is 1.25 bits per heavy atom. The molecule has 0 saturated heterocycles. The molecule has 0 radical (unpaired) electrons. The zero-order chi connectivity index (χ0) is 15.2. The Hall–Kier alpha value is -1.83. The van der Waals surface area contributed by atoms with Crippen LogP contribution in [0.25, 0.3) is 0 Å². The van der Waals surface area contributed by atoms with Crippen LogP contribution in [-0.4, -0.2) is 23.2 Å². The second-order valence-corrected chi connectivity index (χ2v) is 4.20. The molecule has 0 saturated carbocycles. The number of rotatable bonds is 7. The first-order valence-electron chi connectivity index (χ1n) is 6.06. The number of anilines is 1. The number of alkyl halides is 3. The van der Waals surface area contributed by atoms with E-state index in [1.165, 1.54) is 0 Å². The fraction of sp³-hybridized carbons (Fsp3) is 0.500. The summed E-state index contributed by atoms with van der Waals surface area (Å²) >= 11 is 0. The summed E-state index contributed by atoms with van der Waals surface area (Å²) in [7, 11) is 0. The van der Waals surface area contributed by atoms with Gasteiger partial charge in [-0.2, -0.15) is 13.2 Å². The van der Waals surface area contributed by atoms with E-state index in [0.717, 1.165) is 18.6 Å². The van der Waals surface area contributed by atoms with E-state index in [2.05, 4.69) is 5.32 Å². The Kier molecular flexibility index (Phi) is 5.75. The predicted octanol–water partition coefficient (Wildman–Crippen LogP) is 3.19. The van der Waals surface area contributed by atoms with E-state index in [1.807, 2.05) is 0 Å². The fourth-order valence-corrected chi connectivity index (χ4v) is 1.65. The Bertz CT molecular complexity index is 464. The average Bonchev–Trinajstić information content (AvgIpc) is 2.37. The zero-order valence-corrected chi connectivity index (χ0v) is 10.6. The molecule has 0 bridgehead atoms. The molecule has 0 amide bonds. The topological polar surface area (TPSA) is 75.4 Å². The van der Waals surface area contributed by atoms with Gasteiger partial charge in [0.2, 0.25) is 0 Å². The van der Waals surface area contributed by atoms with Gasteiger partial charge >= 0.3 is 6.18 Å². The summed E-state index contributed by atoms with van der Waals surface area (Å²) < 4.78 is 37.5. The Morgan fingerprint density at radius 3 is 2.50 bits per heavy atom. The highest BCUT2D eigenvalue weighted by atomic mass is 19.4. The van der Waals surface area contributed by atoms with Crippen molar-refractivity contribution in [2.24, 2.45) is 0 Å². The molecule has 0 aromatic heterocycles. The normalized spacial score (nSPS) is 11.4. The number of nitrogens with one attached hydrogen (secondary N) is 1. The first-order chi connectivity index (χ1) is 9.36. The van der Waals surface area contributed by atoms with Crippen LogP contribution in [-0.2, 0) is 6.18 Å². The number of nitro groups is 1. The highest BCUT2D eigenvalue weighted by Gasteiger charge is 2.32. The molecule has 0 aliphatic carbocycles. The lowest BCUT2D eigenvalue weighted by molar-refractivity contribution is -0.384. The molecular weight excluding hydrogens is 277 g/mol. The lowest BCUT2D eigenvalue weighted by atomic mass is 10.1. The molecule has 0 fully saturated rings. The largest absolute Gasteiger partial charge is 0.416 e. The van der Waals surface area contributed by atoms with Gasteiger partial charge in [0.05, 0.1) is 10.5 Å². The van der Waals surface area contributed by atoms with Gasteiger partial charge in [0.25, 0.3) is 5.69 Å². The van der Waals surface area contributed by atoms with Gasteiger partial charge in [-0.05, 0) is 31.4 Å². The van der Waals surface area contributed by atoms with Gasteiger partial charge in [-0.25, -0.2) is 0 Å². The average molecular weight is 292 g/mol. The van der Waals surface area contributed by atoms with Crippen LogP contribution in [0.2, 0.25) is 0 Å². The van der Waals surface area contributed by atoms with Gasteiger partial charge in [0.15, 0.2) is 0 Å². The second-order valence-electron chi connectivity index (χ2n) is 4.20. The third-order valence-corrected chi connectivity index (χ3v) is 2.67. The van der Waals surface area contributed by atoms with Crippen molar-refractivity contribution < 1.29 is 23.2 Å². The highest BCUT2D eigenvalue weighted by molar-refractivity contribution is 5.62.